The summed E-state index contributed by atoms with van der Waals surface area (Å²) >= 11 is 3.42. The fourth-order valence-corrected chi connectivity index (χ4v) is 3.24. The first kappa shape index (κ1) is 13.4. The van der Waals surface area contributed by atoms with Gasteiger partial charge in [-0.1, -0.05) is 46.3 Å². The topological polar surface area (TPSA) is 20.3 Å². The van der Waals surface area contributed by atoms with Crippen LogP contribution in [0.5, 0.6) is 0 Å². The summed E-state index contributed by atoms with van der Waals surface area (Å²) in [6.07, 6.45) is 0.931. The maximum absolute atomic E-state index is 12.7. The molecule has 2 aromatic carbocycles. The second-order valence-corrected chi connectivity index (χ2v) is 6.05. The van der Waals surface area contributed by atoms with Crippen LogP contribution in [0, 0.1) is 0 Å². The molecule has 0 aromatic heterocycles. The van der Waals surface area contributed by atoms with Crippen LogP contribution in [-0.4, -0.2) is 17.4 Å². The molecule has 1 heterocycles. The Morgan fingerprint density at radius 2 is 2.00 bits per heavy atom. The van der Waals surface area contributed by atoms with Gasteiger partial charge in [0.2, 0.25) is 0 Å². The molecule has 2 aromatic rings. The third-order valence-corrected chi connectivity index (χ3v) is 4.42. The third-order valence-electron chi connectivity index (χ3n) is 3.93. The van der Waals surface area contributed by atoms with Crippen LogP contribution in [0.25, 0.3) is 0 Å². The minimum absolute atomic E-state index is 0.105. The van der Waals surface area contributed by atoms with Crippen molar-refractivity contribution in [1.29, 1.82) is 0 Å². The molecule has 1 aliphatic heterocycles. The number of fused-ring (bicyclic) bond motifs is 1. The second-order valence-electron chi connectivity index (χ2n) is 5.13. The minimum atomic E-state index is 0.105. The highest BCUT2D eigenvalue weighted by Crippen LogP contribution is 2.30. The number of nitrogens with zero attached hydrogens (tertiary/aromatic N) is 1. The molecule has 0 saturated carbocycles. The summed E-state index contributed by atoms with van der Waals surface area (Å²) < 4.78 is 0.938. The van der Waals surface area contributed by atoms with E-state index in [1.165, 1.54) is 11.1 Å². The fourth-order valence-electron chi connectivity index (χ4n) is 2.84. The van der Waals surface area contributed by atoms with Gasteiger partial charge in [0.1, 0.15) is 0 Å². The van der Waals surface area contributed by atoms with Crippen molar-refractivity contribution in [1.82, 2.24) is 4.90 Å². The standard InChI is InChI=1S/C17H16BrNO/c1-12-16-8-3-2-5-13(16)9-10-19(12)17(20)14-6-4-7-15(18)11-14/h2-8,11-12H,9-10H2,1H3. The van der Waals surface area contributed by atoms with Crippen LogP contribution in [0.4, 0.5) is 0 Å². The summed E-state index contributed by atoms with van der Waals surface area (Å²) in [6, 6.07) is 16.1. The van der Waals surface area contributed by atoms with Gasteiger partial charge in [0.15, 0.2) is 0 Å². The predicted octanol–water partition coefficient (Wildman–Crippen LogP) is 4.21. The molecule has 0 fully saturated rings. The largest absolute Gasteiger partial charge is 0.332 e. The van der Waals surface area contributed by atoms with Gasteiger partial charge in [0, 0.05) is 16.6 Å². The normalized spacial score (nSPS) is 17.7. The number of hydrogen-bond donors (Lipinski definition) is 0. The molecule has 0 radical (unpaired) electrons. The summed E-state index contributed by atoms with van der Waals surface area (Å²) in [4.78, 5) is 14.6. The number of rotatable bonds is 1. The van der Waals surface area contributed by atoms with Crippen molar-refractivity contribution in [3.05, 3.63) is 69.7 Å². The first-order chi connectivity index (χ1) is 9.66. The highest BCUT2D eigenvalue weighted by Gasteiger charge is 2.27. The summed E-state index contributed by atoms with van der Waals surface area (Å²) in [6.45, 7) is 2.89. The van der Waals surface area contributed by atoms with Crippen molar-refractivity contribution >= 4 is 21.8 Å². The van der Waals surface area contributed by atoms with Crippen LogP contribution in [0.15, 0.2) is 53.0 Å². The Bertz CT molecular complexity index is 653. The van der Waals surface area contributed by atoms with Crippen molar-refractivity contribution in [3.63, 3.8) is 0 Å². The number of carbonyl (C=O) groups is 1. The van der Waals surface area contributed by atoms with Crippen LogP contribution in [-0.2, 0) is 6.42 Å². The molecule has 1 amide bonds. The minimum Gasteiger partial charge on any atom is -0.332 e. The molecule has 0 N–H and O–H groups in total. The van der Waals surface area contributed by atoms with Crippen molar-refractivity contribution in [3.8, 4) is 0 Å². The smallest absolute Gasteiger partial charge is 0.254 e. The average molecular weight is 330 g/mol. The first-order valence-electron chi connectivity index (χ1n) is 6.81. The van der Waals surface area contributed by atoms with Crippen molar-refractivity contribution in [2.45, 2.75) is 19.4 Å². The van der Waals surface area contributed by atoms with Crippen molar-refractivity contribution in [2.24, 2.45) is 0 Å². The highest BCUT2D eigenvalue weighted by molar-refractivity contribution is 9.10. The lowest BCUT2D eigenvalue weighted by Gasteiger charge is -2.35. The zero-order valence-corrected chi connectivity index (χ0v) is 12.9. The maximum atomic E-state index is 12.7. The van der Waals surface area contributed by atoms with Crippen LogP contribution >= 0.6 is 15.9 Å². The molecular weight excluding hydrogens is 314 g/mol. The number of amides is 1. The summed E-state index contributed by atoms with van der Waals surface area (Å²) in [5.41, 5.74) is 3.37. The van der Waals surface area contributed by atoms with Crippen molar-refractivity contribution < 1.29 is 4.79 Å². The zero-order valence-electron chi connectivity index (χ0n) is 11.3. The van der Waals surface area contributed by atoms with Gasteiger partial charge in [0.25, 0.3) is 5.91 Å². The number of hydrogen-bond acceptors (Lipinski definition) is 1. The molecule has 1 aliphatic rings. The van der Waals surface area contributed by atoms with Gasteiger partial charge < -0.3 is 4.90 Å². The molecule has 1 atom stereocenters. The van der Waals surface area contributed by atoms with Crippen LogP contribution in [0.3, 0.4) is 0 Å². The zero-order chi connectivity index (χ0) is 14.1. The van der Waals surface area contributed by atoms with Crippen LogP contribution < -0.4 is 0 Å². The Kier molecular flexibility index (Phi) is 3.62. The molecule has 3 heteroatoms. The average Bonchev–Trinajstić information content (AvgIpc) is 2.47. The maximum Gasteiger partial charge on any atom is 0.254 e. The summed E-state index contributed by atoms with van der Waals surface area (Å²) in [5, 5.41) is 0. The Morgan fingerprint density at radius 1 is 1.20 bits per heavy atom. The van der Waals surface area contributed by atoms with E-state index in [0.29, 0.717) is 0 Å². The van der Waals surface area contributed by atoms with E-state index in [0.717, 1.165) is 23.0 Å². The second kappa shape index (κ2) is 5.41. The lowest BCUT2D eigenvalue weighted by atomic mass is 9.93. The molecule has 102 valence electrons. The highest BCUT2D eigenvalue weighted by atomic mass is 79.9. The Morgan fingerprint density at radius 3 is 2.80 bits per heavy atom. The molecule has 3 rings (SSSR count). The van der Waals surface area contributed by atoms with E-state index < -0.39 is 0 Å². The van der Waals surface area contributed by atoms with Gasteiger partial charge in [-0.25, -0.2) is 0 Å². The predicted molar refractivity (Wildman–Crippen MR) is 83.7 cm³/mol. The number of carbonyl (C=O) groups excluding carboxylic acids is 1. The molecule has 1 unspecified atom stereocenters. The Balaban J connectivity index is 1.91. The van der Waals surface area contributed by atoms with Gasteiger partial charge in [-0.2, -0.15) is 0 Å². The quantitative estimate of drug-likeness (QED) is 0.767. The van der Waals surface area contributed by atoms with Crippen LogP contribution in [0.1, 0.15) is 34.5 Å². The van der Waals surface area contributed by atoms with E-state index in [9.17, 15) is 4.79 Å². The summed E-state index contributed by atoms with van der Waals surface area (Å²) in [7, 11) is 0. The first-order valence-corrected chi connectivity index (χ1v) is 7.60. The van der Waals surface area contributed by atoms with E-state index in [2.05, 4.69) is 41.1 Å². The van der Waals surface area contributed by atoms with Gasteiger partial charge in [-0.15, -0.1) is 0 Å². The van der Waals surface area contributed by atoms with E-state index >= 15 is 0 Å². The van der Waals surface area contributed by atoms with Gasteiger partial charge >= 0.3 is 0 Å². The lowest BCUT2D eigenvalue weighted by Crippen LogP contribution is -2.38. The SMILES string of the molecule is CC1c2ccccc2CCN1C(=O)c1cccc(Br)c1. The lowest BCUT2D eigenvalue weighted by molar-refractivity contribution is 0.0677. The number of halogens is 1. The molecule has 0 saturated heterocycles. The molecule has 20 heavy (non-hydrogen) atoms. The van der Waals surface area contributed by atoms with E-state index in [1.54, 1.807) is 0 Å². The third kappa shape index (κ3) is 2.38. The van der Waals surface area contributed by atoms with E-state index in [1.807, 2.05) is 35.2 Å². The van der Waals surface area contributed by atoms with E-state index in [4.69, 9.17) is 0 Å². The monoisotopic (exact) mass is 329 g/mol. The Hall–Kier alpha value is -1.61. The van der Waals surface area contributed by atoms with Gasteiger partial charge in [-0.3, -0.25) is 4.79 Å². The fraction of sp³-hybridized carbons (Fsp3) is 0.235. The molecule has 0 aliphatic carbocycles. The molecular formula is C17H16BrNO. The van der Waals surface area contributed by atoms with Gasteiger partial charge in [0.05, 0.1) is 6.04 Å². The number of benzene rings is 2. The Labute approximate surface area is 127 Å². The molecule has 0 spiro atoms. The summed E-state index contributed by atoms with van der Waals surface area (Å²) in [5.74, 6) is 0.105. The molecule has 2 nitrogen and oxygen atoms in total. The molecule has 0 bridgehead atoms. The van der Waals surface area contributed by atoms with Crippen molar-refractivity contribution in [2.75, 3.05) is 6.54 Å². The van der Waals surface area contributed by atoms with Gasteiger partial charge in [-0.05, 0) is 42.7 Å². The van der Waals surface area contributed by atoms with E-state index in [-0.39, 0.29) is 11.9 Å². The van der Waals surface area contributed by atoms with Crippen LogP contribution in [0.2, 0.25) is 0 Å².